The smallest absolute Gasteiger partial charge is 0.325 e. The van der Waals surface area contributed by atoms with Crippen LogP contribution in [0.2, 0.25) is 0 Å². The molecule has 4 amide bonds. The summed E-state index contributed by atoms with van der Waals surface area (Å²) in [4.78, 5) is 37.0. The van der Waals surface area contributed by atoms with Gasteiger partial charge >= 0.3 is 6.03 Å². The van der Waals surface area contributed by atoms with Crippen molar-refractivity contribution >= 4 is 23.5 Å². The molecule has 0 bridgehead atoms. The molecule has 2 aromatic rings. The molecule has 0 saturated carbocycles. The molecule has 0 atom stereocenters. The Bertz CT molecular complexity index is 959. The Hall–Kier alpha value is -3.86. The van der Waals surface area contributed by atoms with Gasteiger partial charge in [0.1, 0.15) is 23.6 Å². The molecule has 1 aliphatic rings. The molecule has 0 aromatic heterocycles. The molecular weight excluding hydrogens is 360 g/mol. The molecule has 3 rings (SSSR count). The van der Waals surface area contributed by atoms with Crippen LogP contribution in [-0.4, -0.2) is 34.8 Å². The molecule has 2 aromatic carbocycles. The number of urea groups is 1. The van der Waals surface area contributed by atoms with Gasteiger partial charge in [0.05, 0.1) is 11.6 Å². The highest BCUT2D eigenvalue weighted by Gasteiger charge is 2.44. The molecule has 1 heterocycles. The molecular formula is C20H18N4O4. The van der Waals surface area contributed by atoms with Crippen LogP contribution in [0.15, 0.2) is 48.5 Å². The van der Waals surface area contributed by atoms with Crippen molar-refractivity contribution < 1.29 is 19.1 Å². The Morgan fingerprint density at radius 2 is 1.68 bits per heavy atom. The third kappa shape index (κ3) is 4.10. The molecule has 0 spiro atoms. The van der Waals surface area contributed by atoms with Crippen LogP contribution >= 0.6 is 0 Å². The quantitative estimate of drug-likeness (QED) is 0.777. The highest BCUT2D eigenvalue weighted by atomic mass is 16.5. The van der Waals surface area contributed by atoms with E-state index in [4.69, 9.17) is 10.00 Å². The monoisotopic (exact) mass is 378 g/mol. The van der Waals surface area contributed by atoms with Crippen molar-refractivity contribution in [2.45, 2.75) is 19.4 Å². The number of benzene rings is 2. The summed E-state index contributed by atoms with van der Waals surface area (Å²) < 4.78 is 5.67. The minimum Gasteiger partial charge on any atom is -0.457 e. The molecule has 142 valence electrons. The van der Waals surface area contributed by atoms with Crippen molar-refractivity contribution in [3.05, 3.63) is 54.1 Å². The van der Waals surface area contributed by atoms with Crippen molar-refractivity contribution in [1.82, 2.24) is 10.2 Å². The average Bonchev–Trinajstić information content (AvgIpc) is 2.85. The lowest BCUT2D eigenvalue weighted by Gasteiger charge is -2.15. The number of nitriles is 1. The maximum absolute atomic E-state index is 12.2. The first-order valence-electron chi connectivity index (χ1n) is 8.50. The summed E-state index contributed by atoms with van der Waals surface area (Å²) in [5.74, 6) is 0.205. The maximum atomic E-state index is 12.2. The van der Waals surface area contributed by atoms with Gasteiger partial charge in [-0.2, -0.15) is 5.26 Å². The van der Waals surface area contributed by atoms with E-state index in [1.807, 2.05) is 6.07 Å². The van der Waals surface area contributed by atoms with E-state index in [-0.39, 0.29) is 6.54 Å². The van der Waals surface area contributed by atoms with E-state index in [0.717, 1.165) is 4.90 Å². The number of carbonyl (C=O) groups excluding carboxylic acids is 3. The van der Waals surface area contributed by atoms with Gasteiger partial charge in [0, 0.05) is 5.69 Å². The first-order valence-corrected chi connectivity index (χ1v) is 8.50. The molecule has 1 saturated heterocycles. The van der Waals surface area contributed by atoms with Gasteiger partial charge in [0.2, 0.25) is 5.91 Å². The molecule has 0 radical (unpaired) electrons. The van der Waals surface area contributed by atoms with Crippen LogP contribution < -0.4 is 15.4 Å². The number of amides is 4. The third-order valence-electron chi connectivity index (χ3n) is 4.10. The molecule has 28 heavy (non-hydrogen) atoms. The van der Waals surface area contributed by atoms with Gasteiger partial charge in [0.25, 0.3) is 5.91 Å². The van der Waals surface area contributed by atoms with Gasteiger partial charge in [-0.15, -0.1) is 0 Å². The van der Waals surface area contributed by atoms with E-state index in [1.165, 1.54) is 0 Å². The zero-order valence-corrected chi connectivity index (χ0v) is 15.4. The Kier molecular flexibility index (Phi) is 5.00. The largest absolute Gasteiger partial charge is 0.457 e. The fourth-order valence-electron chi connectivity index (χ4n) is 2.65. The fourth-order valence-corrected chi connectivity index (χ4v) is 2.65. The van der Waals surface area contributed by atoms with Crippen molar-refractivity contribution in [2.75, 3.05) is 11.9 Å². The van der Waals surface area contributed by atoms with Crippen LogP contribution in [0.4, 0.5) is 10.5 Å². The number of carbonyl (C=O) groups is 3. The molecule has 1 fully saturated rings. The predicted molar refractivity (Wildman–Crippen MR) is 101 cm³/mol. The number of anilines is 1. The number of nitrogens with zero attached hydrogens (tertiary/aromatic N) is 2. The summed E-state index contributed by atoms with van der Waals surface area (Å²) in [6.45, 7) is 2.80. The van der Waals surface area contributed by atoms with Crippen LogP contribution in [0.3, 0.4) is 0 Å². The number of nitrogens with one attached hydrogen (secondary N) is 2. The van der Waals surface area contributed by atoms with Crippen molar-refractivity contribution in [3.8, 4) is 17.6 Å². The van der Waals surface area contributed by atoms with Crippen LogP contribution in [-0.2, 0) is 9.59 Å². The predicted octanol–water partition coefficient (Wildman–Crippen LogP) is 2.62. The topological polar surface area (TPSA) is 112 Å². The van der Waals surface area contributed by atoms with Gasteiger partial charge in [0.15, 0.2) is 0 Å². The van der Waals surface area contributed by atoms with E-state index >= 15 is 0 Å². The van der Waals surface area contributed by atoms with E-state index in [9.17, 15) is 14.4 Å². The average molecular weight is 378 g/mol. The molecule has 0 aliphatic carbocycles. The molecule has 8 heteroatoms. The Morgan fingerprint density at radius 1 is 1.11 bits per heavy atom. The Balaban J connectivity index is 1.58. The van der Waals surface area contributed by atoms with Gasteiger partial charge < -0.3 is 15.4 Å². The standard InChI is InChI=1S/C20H18N4O4/c1-20(2)18(26)24(19(27)23-20)12-17(25)22-14-5-9-16(10-6-14)28-15-7-3-13(11-21)4-8-15/h3-10H,12H2,1-2H3,(H,22,25)(H,23,27). The van der Waals surface area contributed by atoms with E-state index in [1.54, 1.807) is 62.4 Å². The third-order valence-corrected chi connectivity index (χ3v) is 4.10. The van der Waals surface area contributed by atoms with Crippen LogP contribution in [0.25, 0.3) is 0 Å². The van der Waals surface area contributed by atoms with Crippen LogP contribution in [0.5, 0.6) is 11.5 Å². The van der Waals surface area contributed by atoms with Crippen LogP contribution in [0, 0.1) is 11.3 Å². The first kappa shape index (κ1) is 18.9. The van der Waals surface area contributed by atoms with Crippen molar-refractivity contribution in [2.24, 2.45) is 0 Å². The Labute approximate surface area is 161 Å². The number of hydrogen-bond donors (Lipinski definition) is 2. The minimum atomic E-state index is -1.01. The summed E-state index contributed by atoms with van der Waals surface area (Å²) in [5.41, 5.74) is 0.0318. The molecule has 2 N–H and O–H groups in total. The van der Waals surface area contributed by atoms with E-state index in [0.29, 0.717) is 22.7 Å². The first-order chi connectivity index (χ1) is 13.3. The maximum Gasteiger partial charge on any atom is 0.325 e. The number of imide groups is 1. The molecule has 8 nitrogen and oxygen atoms in total. The molecule has 1 aliphatic heterocycles. The lowest BCUT2D eigenvalue weighted by molar-refractivity contribution is -0.132. The van der Waals surface area contributed by atoms with Crippen LogP contribution in [0.1, 0.15) is 19.4 Å². The zero-order valence-electron chi connectivity index (χ0n) is 15.4. The molecule has 0 unspecified atom stereocenters. The number of rotatable bonds is 5. The minimum absolute atomic E-state index is 0.364. The lowest BCUT2D eigenvalue weighted by atomic mass is 10.1. The highest BCUT2D eigenvalue weighted by molar-refractivity contribution is 6.09. The zero-order chi connectivity index (χ0) is 20.3. The fraction of sp³-hybridized carbons (Fsp3) is 0.200. The summed E-state index contributed by atoms with van der Waals surface area (Å²) in [6, 6.07) is 14.8. The lowest BCUT2D eigenvalue weighted by Crippen LogP contribution is -2.41. The number of hydrogen-bond acceptors (Lipinski definition) is 5. The van der Waals surface area contributed by atoms with Crippen molar-refractivity contribution in [3.63, 3.8) is 0 Å². The summed E-state index contributed by atoms with van der Waals surface area (Å²) in [6.07, 6.45) is 0. The highest BCUT2D eigenvalue weighted by Crippen LogP contribution is 2.23. The summed E-state index contributed by atoms with van der Waals surface area (Å²) >= 11 is 0. The van der Waals surface area contributed by atoms with Crippen molar-refractivity contribution in [1.29, 1.82) is 5.26 Å². The second kappa shape index (κ2) is 7.40. The van der Waals surface area contributed by atoms with Gasteiger partial charge in [-0.3, -0.25) is 14.5 Å². The Morgan fingerprint density at radius 3 is 2.18 bits per heavy atom. The normalized spacial score (nSPS) is 15.0. The van der Waals surface area contributed by atoms with Gasteiger partial charge in [-0.05, 0) is 62.4 Å². The summed E-state index contributed by atoms with van der Waals surface area (Å²) in [7, 11) is 0. The number of ether oxygens (including phenoxy) is 1. The van der Waals surface area contributed by atoms with E-state index in [2.05, 4.69) is 10.6 Å². The van der Waals surface area contributed by atoms with Gasteiger partial charge in [-0.1, -0.05) is 0 Å². The second-order valence-electron chi connectivity index (χ2n) is 6.76. The second-order valence-corrected chi connectivity index (χ2v) is 6.76. The van der Waals surface area contributed by atoms with E-state index < -0.39 is 23.4 Å². The SMILES string of the molecule is CC1(C)NC(=O)N(CC(=O)Nc2ccc(Oc3ccc(C#N)cc3)cc2)C1=O. The summed E-state index contributed by atoms with van der Waals surface area (Å²) in [5, 5.41) is 14.0. The van der Waals surface area contributed by atoms with Gasteiger partial charge in [-0.25, -0.2) is 4.79 Å².